The van der Waals surface area contributed by atoms with E-state index >= 15 is 0 Å². The molecule has 4 heterocycles. The van der Waals surface area contributed by atoms with Gasteiger partial charge in [0, 0.05) is 28.7 Å². The molecule has 146 valence electrons. The largest absolute Gasteiger partial charge is 0.370 e. The molecule has 0 amide bonds. The maximum atomic E-state index is 6.18. The maximum Gasteiger partial charge on any atom is 0.127 e. The molecule has 0 N–H and O–H groups in total. The zero-order valence-electron chi connectivity index (χ0n) is 16.4. The Balaban J connectivity index is 1.84. The van der Waals surface area contributed by atoms with Crippen LogP contribution in [-0.2, 0) is 17.8 Å². The van der Waals surface area contributed by atoms with Gasteiger partial charge < -0.3 is 4.74 Å². The predicted octanol–water partition coefficient (Wildman–Crippen LogP) is 6.04. The van der Waals surface area contributed by atoms with Crippen LogP contribution in [0.1, 0.15) is 25.0 Å². The first-order valence-corrected chi connectivity index (χ1v) is 11.4. The molecule has 0 saturated carbocycles. The van der Waals surface area contributed by atoms with E-state index in [4.69, 9.17) is 9.72 Å². The number of pyridine rings is 1. The lowest BCUT2D eigenvalue weighted by Gasteiger charge is -2.33. The molecule has 5 rings (SSSR count). The molecule has 1 aromatic carbocycles. The highest BCUT2D eigenvalue weighted by Crippen LogP contribution is 2.44. The normalized spacial score (nSPS) is 15.5. The minimum absolute atomic E-state index is 0.211. The van der Waals surface area contributed by atoms with Crippen LogP contribution in [0, 0.1) is 0 Å². The third kappa shape index (κ3) is 3.25. The van der Waals surface area contributed by atoms with Gasteiger partial charge in [0.05, 0.1) is 28.1 Å². The summed E-state index contributed by atoms with van der Waals surface area (Å²) >= 11 is 3.38. The number of ether oxygens (including phenoxy) is 1. The minimum Gasteiger partial charge on any atom is -0.370 e. The molecule has 4 aromatic rings. The Labute approximate surface area is 178 Å². The fourth-order valence-electron chi connectivity index (χ4n) is 3.86. The lowest BCUT2D eigenvalue weighted by Crippen LogP contribution is -2.32. The van der Waals surface area contributed by atoms with Gasteiger partial charge in [0.25, 0.3) is 0 Å². The van der Waals surface area contributed by atoms with Gasteiger partial charge in [0.2, 0.25) is 0 Å². The van der Waals surface area contributed by atoms with Crippen LogP contribution < -0.4 is 0 Å². The van der Waals surface area contributed by atoms with Crippen molar-refractivity contribution in [2.45, 2.75) is 37.5 Å². The fourth-order valence-corrected chi connectivity index (χ4v) is 5.83. The van der Waals surface area contributed by atoms with E-state index in [0.717, 1.165) is 43.5 Å². The summed E-state index contributed by atoms with van der Waals surface area (Å²) in [7, 11) is 0. The Bertz CT molecular complexity index is 1230. The van der Waals surface area contributed by atoms with Gasteiger partial charge >= 0.3 is 0 Å². The van der Waals surface area contributed by atoms with Crippen molar-refractivity contribution in [3.05, 3.63) is 60.4 Å². The van der Waals surface area contributed by atoms with Crippen LogP contribution in [0.25, 0.3) is 31.7 Å². The Hall–Kier alpha value is -2.28. The molecule has 0 aliphatic carbocycles. The molecule has 0 bridgehead atoms. The first-order chi connectivity index (χ1) is 14.1. The van der Waals surface area contributed by atoms with E-state index in [-0.39, 0.29) is 5.60 Å². The molecule has 1 aliphatic rings. The second-order valence-corrected chi connectivity index (χ2v) is 9.75. The van der Waals surface area contributed by atoms with Crippen molar-refractivity contribution < 1.29 is 4.74 Å². The van der Waals surface area contributed by atoms with Crippen molar-refractivity contribution >= 4 is 43.5 Å². The SMILES string of the molecule is C=CCSc1ncnc2c1sc1nc(-c3ccccc3)c3c(c12)CC(C)(C)OC3. The van der Waals surface area contributed by atoms with E-state index < -0.39 is 0 Å². The summed E-state index contributed by atoms with van der Waals surface area (Å²) in [5, 5.41) is 2.16. The first kappa shape index (κ1) is 18.7. The Morgan fingerprint density at radius 2 is 2.03 bits per heavy atom. The van der Waals surface area contributed by atoms with Crippen molar-refractivity contribution in [1.29, 1.82) is 0 Å². The van der Waals surface area contributed by atoms with Gasteiger partial charge in [-0.25, -0.2) is 15.0 Å². The molecule has 0 atom stereocenters. The van der Waals surface area contributed by atoms with E-state index in [0.29, 0.717) is 6.61 Å². The number of hydrogen-bond acceptors (Lipinski definition) is 6. The van der Waals surface area contributed by atoms with Gasteiger partial charge in [0.15, 0.2) is 0 Å². The molecular weight excluding hydrogens is 398 g/mol. The van der Waals surface area contributed by atoms with Crippen molar-refractivity contribution in [2.75, 3.05) is 5.75 Å². The van der Waals surface area contributed by atoms with Crippen LogP contribution in [-0.4, -0.2) is 26.3 Å². The third-order valence-corrected chi connectivity index (χ3v) is 7.37. The number of fused-ring (bicyclic) bond motifs is 5. The van der Waals surface area contributed by atoms with Crippen molar-refractivity contribution in [1.82, 2.24) is 15.0 Å². The van der Waals surface area contributed by atoms with E-state index in [1.165, 1.54) is 16.5 Å². The summed E-state index contributed by atoms with van der Waals surface area (Å²) in [5.41, 5.74) is 5.43. The monoisotopic (exact) mass is 419 g/mol. The number of nitrogens with zero attached hydrogens (tertiary/aromatic N) is 3. The third-order valence-electron chi connectivity index (χ3n) is 5.18. The van der Waals surface area contributed by atoms with Crippen LogP contribution in [0.15, 0.2) is 54.3 Å². The second kappa shape index (κ2) is 7.20. The number of rotatable bonds is 4. The zero-order chi connectivity index (χ0) is 20.0. The number of thiophene rings is 1. The standard InChI is InChI=1S/C23H21N3OS2/c1-4-10-28-22-20-19(24-13-25-22)17-15-11-23(2,3)27-12-16(15)18(26-21(17)29-20)14-8-6-5-7-9-14/h4-9,13H,1,10-12H2,2-3H3. The highest BCUT2D eigenvalue weighted by molar-refractivity contribution is 7.99. The van der Waals surface area contributed by atoms with Crippen molar-refractivity contribution in [2.24, 2.45) is 0 Å². The molecule has 1 aliphatic heterocycles. The quantitative estimate of drug-likeness (QED) is 0.229. The van der Waals surface area contributed by atoms with E-state index in [2.05, 4.69) is 54.7 Å². The van der Waals surface area contributed by atoms with Gasteiger partial charge in [-0.1, -0.05) is 36.4 Å². The molecule has 0 radical (unpaired) electrons. The molecule has 0 fully saturated rings. The molecule has 3 aromatic heterocycles. The maximum absolute atomic E-state index is 6.18. The number of aromatic nitrogens is 3. The van der Waals surface area contributed by atoms with E-state index in [1.54, 1.807) is 29.4 Å². The van der Waals surface area contributed by atoms with Gasteiger partial charge in [-0.2, -0.15) is 0 Å². The van der Waals surface area contributed by atoms with Gasteiger partial charge in [-0.15, -0.1) is 29.7 Å². The summed E-state index contributed by atoms with van der Waals surface area (Å²) < 4.78 is 7.29. The second-order valence-electron chi connectivity index (χ2n) is 7.75. The molecule has 6 heteroatoms. The molecule has 0 unspecified atom stereocenters. The Morgan fingerprint density at radius 1 is 1.21 bits per heavy atom. The average molecular weight is 420 g/mol. The number of thioether (sulfide) groups is 1. The van der Waals surface area contributed by atoms with E-state index in [1.807, 2.05) is 12.1 Å². The first-order valence-electron chi connectivity index (χ1n) is 9.59. The van der Waals surface area contributed by atoms with Crippen LogP contribution in [0.5, 0.6) is 0 Å². The van der Waals surface area contributed by atoms with Crippen LogP contribution >= 0.6 is 23.1 Å². The molecular formula is C23H21N3OS2. The summed E-state index contributed by atoms with van der Waals surface area (Å²) in [4.78, 5) is 15.3. The van der Waals surface area contributed by atoms with Gasteiger partial charge in [-0.3, -0.25) is 0 Å². The Kier molecular flexibility index (Phi) is 4.65. The number of benzene rings is 1. The highest BCUT2D eigenvalue weighted by Gasteiger charge is 2.32. The van der Waals surface area contributed by atoms with Crippen molar-refractivity contribution in [3.63, 3.8) is 0 Å². The highest BCUT2D eigenvalue weighted by atomic mass is 32.2. The predicted molar refractivity (Wildman–Crippen MR) is 122 cm³/mol. The van der Waals surface area contributed by atoms with Crippen LogP contribution in [0.2, 0.25) is 0 Å². The van der Waals surface area contributed by atoms with Gasteiger partial charge in [0.1, 0.15) is 16.2 Å². The zero-order valence-corrected chi connectivity index (χ0v) is 18.1. The van der Waals surface area contributed by atoms with Gasteiger partial charge in [-0.05, 0) is 19.4 Å². The number of hydrogen-bond donors (Lipinski definition) is 0. The smallest absolute Gasteiger partial charge is 0.127 e. The Morgan fingerprint density at radius 3 is 2.83 bits per heavy atom. The topological polar surface area (TPSA) is 47.9 Å². The van der Waals surface area contributed by atoms with E-state index in [9.17, 15) is 0 Å². The summed E-state index contributed by atoms with van der Waals surface area (Å²) in [6, 6.07) is 10.4. The lowest BCUT2D eigenvalue weighted by molar-refractivity contribution is -0.0394. The van der Waals surface area contributed by atoms with Crippen LogP contribution in [0.4, 0.5) is 0 Å². The summed E-state index contributed by atoms with van der Waals surface area (Å²) in [6.45, 7) is 8.70. The van der Waals surface area contributed by atoms with Crippen molar-refractivity contribution in [3.8, 4) is 11.3 Å². The lowest BCUT2D eigenvalue weighted by atomic mass is 9.88. The molecule has 0 spiro atoms. The minimum atomic E-state index is -0.211. The average Bonchev–Trinajstić information content (AvgIpc) is 3.11. The molecule has 29 heavy (non-hydrogen) atoms. The molecule has 4 nitrogen and oxygen atoms in total. The summed E-state index contributed by atoms with van der Waals surface area (Å²) in [6.07, 6.45) is 4.41. The fraction of sp³-hybridized carbons (Fsp3) is 0.261. The van der Waals surface area contributed by atoms with Crippen LogP contribution in [0.3, 0.4) is 0 Å². The molecule has 0 saturated heterocycles. The summed E-state index contributed by atoms with van der Waals surface area (Å²) in [5.74, 6) is 0.821.